The Bertz CT molecular complexity index is 921. The van der Waals surface area contributed by atoms with Crippen molar-refractivity contribution in [1.29, 1.82) is 0 Å². The molecule has 0 spiro atoms. The summed E-state index contributed by atoms with van der Waals surface area (Å²) in [6.07, 6.45) is 0.766. The van der Waals surface area contributed by atoms with Crippen molar-refractivity contribution in [3.63, 3.8) is 0 Å². The fourth-order valence-electron chi connectivity index (χ4n) is 3.00. The van der Waals surface area contributed by atoms with Crippen molar-refractivity contribution in [2.24, 2.45) is 0 Å². The Morgan fingerprint density at radius 3 is 3.00 bits per heavy atom. The molecule has 4 rings (SSSR count). The van der Waals surface area contributed by atoms with Crippen molar-refractivity contribution in [3.05, 3.63) is 61.6 Å². The van der Waals surface area contributed by atoms with E-state index in [9.17, 15) is 4.79 Å². The standard InChI is InChI=1S/C16H15N3OS2/c20-15-12-5-6-19(9-13(12)17-16(21)18-15)8-11-7-10-3-1-2-4-14(10)22-11/h1-4,7H,5-6,8-9H2,(H2,17,18,20,21). The van der Waals surface area contributed by atoms with E-state index in [0.29, 0.717) is 4.77 Å². The van der Waals surface area contributed by atoms with Crippen LogP contribution in [-0.2, 0) is 19.5 Å². The van der Waals surface area contributed by atoms with E-state index in [1.54, 1.807) is 0 Å². The fourth-order valence-corrected chi connectivity index (χ4v) is 4.32. The zero-order valence-corrected chi connectivity index (χ0v) is 13.5. The monoisotopic (exact) mass is 329 g/mol. The number of hydrogen-bond donors (Lipinski definition) is 2. The number of H-pyrrole nitrogens is 2. The Morgan fingerprint density at radius 2 is 2.14 bits per heavy atom. The molecule has 6 heteroatoms. The highest BCUT2D eigenvalue weighted by molar-refractivity contribution is 7.71. The summed E-state index contributed by atoms with van der Waals surface area (Å²) in [7, 11) is 0. The van der Waals surface area contributed by atoms with Crippen LogP contribution in [0.2, 0.25) is 0 Å². The average Bonchev–Trinajstić information content (AvgIpc) is 2.88. The molecule has 0 atom stereocenters. The van der Waals surface area contributed by atoms with Crippen LogP contribution in [0.15, 0.2) is 35.1 Å². The molecule has 22 heavy (non-hydrogen) atoms. The molecule has 0 bridgehead atoms. The molecule has 3 aromatic rings. The molecule has 1 aromatic carbocycles. The minimum atomic E-state index is -0.0414. The van der Waals surface area contributed by atoms with Gasteiger partial charge in [0.15, 0.2) is 4.77 Å². The third-order valence-electron chi connectivity index (χ3n) is 4.05. The SMILES string of the molecule is O=c1[nH]c(=S)[nH]c2c1CCN(Cc1cc3ccccc3s1)C2. The van der Waals surface area contributed by atoms with E-state index in [1.165, 1.54) is 15.0 Å². The van der Waals surface area contributed by atoms with E-state index in [4.69, 9.17) is 12.2 Å². The van der Waals surface area contributed by atoms with Crippen molar-refractivity contribution < 1.29 is 0 Å². The second kappa shape index (κ2) is 5.46. The van der Waals surface area contributed by atoms with Gasteiger partial charge in [0.1, 0.15) is 0 Å². The summed E-state index contributed by atoms with van der Waals surface area (Å²) in [5.41, 5.74) is 1.77. The molecule has 112 valence electrons. The smallest absolute Gasteiger partial charge is 0.255 e. The quantitative estimate of drug-likeness (QED) is 0.710. The number of aromatic amines is 2. The Balaban J connectivity index is 1.59. The molecular weight excluding hydrogens is 314 g/mol. The topological polar surface area (TPSA) is 51.9 Å². The molecule has 0 aliphatic carbocycles. The molecule has 0 radical (unpaired) electrons. The van der Waals surface area contributed by atoms with Crippen LogP contribution in [0.3, 0.4) is 0 Å². The molecule has 2 N–H and O–H groups in total. The highest BCUT2D eigenvalue weighted by Crippen LogP contribution is 2.27. The van der Waals surface area contributed by atoms with E-state index in [1.807, 2.05) is 11.3 Å². The first kappa shape index (κ1) is 13.9. The molecule has 4 nitrogen and oxygen atoms in total. The van der Waals surface area contributed by atoms with E-state index >= 15 is 0 Å². The average molecular weight is 329 g/mol. The van der Waals surface area contributed by atoms with Gasteiger partial charge in [-0.1, -0.05) is 18.2 Å². The lowest BCUT2D eigenvalue weighted by Gasteiger charge is -2.27. The van der Waals surface area contributed by atoms with Crippen molar-refractivity contribution >= 4 is 33.6 Å². The van der Waals surface area contributed by atoms with Crippen molar-refractivity contribution in [1.82, 2.24) is 14.9 Å². The molecule has 0 saturated heterocycles. The molecule has 0 fully saturated rings. The first-order valence-electron chi connectivity index (χ1n) is 7.23. The third-order valence-corrected chi connectivity index (χ3v) is 5.35. The number of nitrogens with one attached hydrogen (secondary N) is 2. The highest BCUT2D eigenvalue weighted by Gasteiger charge is 2.20. The number of aromatic nitrogens is 2. The summed E-state index contributed by atoms with van der Waals surface area (Å²) < 4.78 is 1.73. The van der Waals surface area contributed by atoms with Gasteiger partial charge < -0.3 is 4.98 Å². The minimum absolute atomic E-state index is 0.0414. The predicted molar refractivity (Wildman–Crippen MR) is 91.9 cm³/mol. The van der Waals surface area contributed by atoms with Crippen molar-refractivity contribution in [2.75, 3.05) is 6.54 Å². The lowest BCUT2D eigenvalue weighted by atomic mass is 10.1. The van der Waals surface area contributed by atoms with Crippen LogP contribution >= 0.6 is 23.6 Å². The Kier molecular flexibility index (Phi) is 3.44. The number of nitrogens with zero attached hydrogens (tertiary/aromatic N) is 1. The van der Waals surface area contributed by atoms with Gasteiger partial charge in [0.25, 0.3) is 5.56 Å². The lowest BCUT2D eigenvalue weighted by Crippen LogP contribution is -2.34. The highest BCUT2D eigenvalue weighted by atomic mass is 32.1. The Morgan fingerprint density at radius 1 is 1.27 bits per heavy atom. The maximum Gasteiger partial charge on any atom is 0.255 e. The van der Waals surface area contributed by atoms with Crippen molar-refractivity contribution in [3.8, 4) is 0 Å². The second-order valence-electron chi connectivity index (χ2n) is 5.58. The summed E-state index contributed by atoms with van der Waals surface area (Å²) >= 11 is 6.91. The Hall–Kier alpha value is -1.76. The van der Waals surface area contributed by atoms with Gasteiger partial charge in [0.05, 0.1) is 0 Å². The van der Waals surface area contributed by atoms with Gasteiger partial charge >= 0.3 is 0 Å². The predicted octanol–water partition coefficient (Wildman–Crippen LogP) is 3.21. The van der Waals surface area contributed by atoms with E-state index in [-0.39, 0.29) is 5.56 Å². The molecule has 0 unspecified atom stereocenters. The summed E-state index contributed by atoms with van der Waals surface area (Å²) in [5.74, 6) is 0. The first-order valence-corrected chi connectivity index (χ1v) is 8.46. The van der Waals surface area contributed by atoms with Gasteiger partial charge in [-0.15, -0.1) is 11.3 Å². The summed E-state index contributed by atoms with van der Waals surface area (Å²) in [5, 5.41) is 1.30. The molecule has 1 aliphatic heterocycles. The number of fused-ring (bicyclic) bond motifs is 2. The lowest BCUT2D eigenvalue weighted by molar-refractivity contribution is 0.242. The maximum absolute atomic E-state index is 11.9. The molecule has 2 aromatic heterocycles. The molecule has 1 aliphatic rings. The zero-order chi connectivity index (χ0) is 15.1. The fraction of sp³-hybridized carbons (Fsp3) is 0.250. The van der Waals surface area contributed by atoms with Gasteiger partial charge in [-0.25, -0.2) is 0 Å². The van der Waals surface area contributed by atoms with E-state index in [2.05, 4.69) is 45.2 Å². The van der Waals surface area contributed by atoms with Crippen LogP contribution in [-0.4, -0.2) is 21.4 Å². The van der Waals surface area contributed by atoms with Crippen LogP contribution in [0.25, 0.3) is 10.1 Å². The number of hydrogen-bond acceptors (Lipinski definition) is 4. The molecular formula is C16H15N3OS2. The van der Waals surface area contributed by atoms with E-state index < -0.39 is 0 Å². The summed E-state index contributed by atoms with van der Waals surface area (Å²) in [6, 6.07) is 10.7. The van der Waals surface area contributed by atoms with E-state index in [0.717, 1.165) is 37.3 Å². The largest absolute Gasteiger partial charge is 0.334 e. The molecule has 3 heterocycles. The van der Waals surface area contributed by atoms with Gasteiger partial charge in [-0.05, 0) is 36.2 Å². The third kappa shape index (κ3) is 2.54. The Labute approximate surface area is 136 Å². The summed E-state index contributed by atoms with van der Waals surface area (Å²) in [4.78, 5) is 21.4. The second-order valence-corrected chi connectivity index (χ2v) is 7.15. The van der Waals surface area contributed by atoms with Crippen LogP contribution in [0.4, 0.5) is 0 Å². The van der Waals surface area contributed by atoms with Gasteiger partial charge in [-0.3, -0.25) is 14.7 Å². The van der Waals surface area contributed by atoms with Crippen LogP contribution < -0.4 is 5.56 Å². The molecule has 0 saturated carbocycles. The zero-order valence-electron chi connectivity index (χ0n) is 11.9. The van der Waals surface area contributed by atoms with Crippen molar-refractivity contribution in [2.45, 2.75) is 19.5 Å². The number of rotatable bonds is 2. The van der Waals surface area contributed by atoms with Gasteiger partial charge in [0.2, 0.25) is 0 Å². The van der Waals surface area contributed by atoms with Crippen LogP contribution in [0.1, 0.15) is 16.1 Å². The van der Waals surface area contributed by atoms with Crippen LogP contribution in [0, 0.1) is 4.77 Å². The van der Waals surface area contributed by atoms with Crippen LogP contribution in [0.5, 0.6) is 0 Å². The molecule has 0 amide bonds. The minimum Gasteiger partial charge on any atom is -0.334 e. The van der Waals surface area contributed by atoms with Gasteiger partial charge in [-0.2, -0.15) is 0 Å². The summed E-state index contributed by atoms with van der Waals surface area (Å²) in [6.45, 7) is 2.55. The first-order chi connectivity index (χ1) is 10.7. The maximum atomic E-state index is 11.9. The van der Waals surface area contributed by atoms with Gasteiger partial charge in [0, 0.05) is 40.5 Å². The number of thiophene rings is 1. The normalized spacial score (nSPS) is 15.1. The number of benzene rings is 1.